The second kappa shape index (κ2) is 4.22. The highest BCUT2D eigenvalue weighted by molar-refractivity contribution is 6.31. The molecule has 2 aromatic rings. The fourth-order valence-corrected chi connectivity index (χ4v) is 1.73. The van der Waals surface area contributed by atoms with Gasteiger partial charge in [-0.25, -0.2) is 4.98 Å². The predicted octanol–water partition coefficient (Wildman–Crippen LogP) is 3.36. The maximum Gasteiger partial charge on any atom is 0.234 e. The number of halogens is 1. The molecule has 0 aliphatic heterocycles. The number of hydrogen-bond donors (Lipinski definition) is 1. The van der Waals surface area contributed by atoms with Gasteiger partial charge >= 0.3 is 0 Å². The van der Waals surface area contributed by atoms with Crippen LogP contribution in [0.4, 0.5) is 0 Å². The molecule has 0 unspecified atom stereocenters. The summed E-state index contributed by atoms with van der Waals surface area (Å²) in [6.45, 7) is 2.76. The van der Waals surface area contributed by atoms with E-state index in [1.807, 2.05) is 0 Å². The second-order valence-corrected chi connectivity index (χ2v) is 4.08. The number of aliphatic hydroxyl groups is 1. The Bertz CT molecular complexity index is 624. The van der Waals surface area contributed by atoms with Crippen molar-refractivity contribution < 1.29 is 14.3 Å². The first-order valence-electron chi connectivity index (χ1n) is 4.96. The molecular formula is C12H10ClNO3. The summed E-state index contributed by atoms with van der Waals surface area (Å²) in [5, 5.41) is 9.98. The van der Waals surface area contributed by atoms with Crippen molar-refractivity contribution in [2.45, 2.75) is 13.8 Å². The third kappa shape index (κ3) is 2.17. The molecule has 0 radical (unpaired) electrons. The summed E-state index contributed by atoms with van der Waals surface area (Å²) in [5.41, 5.74) is 1.15. The second-order valence-electron chi connectivity index (χ2n) is 3.65. The van der Waals surface area contributed by atoms with Gasteiger partial charge in [-0.05, 0) is 32.0 Å². The van der Waals surface area contributed by atoms with Gasteiger partial charge in [-0.15, -0.1) is 0 Å². The van der Waals surface area contributed by atoms with Crippen molar-refractivity contribution in [1.82, 2.24) is 4.98 Å². The molecule has 0 aliphatic rings. The lowest BCUT2D eigenvalue weighted by atomic mass is 10.1. The molecule has 0 aliphatic carbocycles. The number of carbonyl (C=O) groups is 1. The van der Waals surface area contributed by atoms with Crippen molar-refractivity contribution in [2.24, 2.45) is 0 Å². The summed E-state index contributed by atoms with van der Waals surface area (Å²) in [5.74, 6) is -0.312. The quantitative estimate of drug-likeness (QED) is 0.657. The largest absolute Gasteiger partial charge is 0.512 e. The molecule has 0 fully saturated rings. The number of ketones is 1. The lowest BCUT2D eigenvalue weighted by Gasteiger charge is -1.98. The number of fused-ring (bicyclic) bond motifs is 1. The van der Waals surface area contributed by atoms with Crippen molar-refractivity contribution in [2.75, 3.05) is 0 Å². The van der Waals surface area contributed by atoms with Crippen LogP contribution in [0.1, 0.15) is 19.7 Å². The van der Waals surface area contributed by atoms with Gasteiger partial charge in [0.1, 0.15) is 16.8 Å². The average Bonchev–Trinajstić information content (AvgIpc) is 2.58. The zero-order valence-electron chi connectivity index (χ0n) is 9.32. The number of allylic oxidation sites excluding steroid dienone is 2. The van der Waals surface area contributed by atoms with Gasteiger partial charge in [-0.1, -0.05) is 11.6 Å². The molecule has 1 aromatic carbocycles. The van der Waals surface area contributed by atoms with Crippen LogP contribution in [-0.2, 0) is 4.79 Å². The Labute approximate surface area is 103 Å². The number of benzene rings is 1. The van der Waals surface area contributed by atoms with E-state index in [0.717, 1.165) is 0 Å². The van der Waals surface area contributed by atoms with E-state index in [4.69, 9.17) is 16.0 Å². The van der Waals surface area contributed by atoms with Crippen LogP contribution in [0.15, 0.2) is 28.4 Å². The van der Waals surface area contributed by atoms with E-state index < -0.39 is 0 Å². The third-order valence-corrected chi connectivity index (χ3v) is 2.51. The fourth-order valence-electron chi connectivity index (χ4n) is 1.57. The van der Waals surface area contributed by atoms with Crippen molar-refractivity contribution in [3.63, 3.8) is 0 Å². The highest BCUT2D eigenvalue weighted by Crippen LogP contribution is 2.25. The van der Waals surface area contributed by atoms with Gasteiger partial charge in [0.2, 0.25) is 5.89 Å². The van der Waals surface area contributed by atoms with Crippen LogP contribution in [-0.4, -0.2) is 15.9 Å². The maximum absolute atomic E-state index is 11.4. The SMILES string of the molecule is CC(=O)C(=C(C)O)c1nc2cc(Cl)ccc2o1. The Morgan fingerprint density at radius 1 is 1.41 bits per heavy atom. The number of hydrogen-bond acceptors (Lipinski definition) is 4. The van der Waals surface area contributed by atoms with Crippen LogP contribution >= 0.6 is 11.6 Å². The molecule has 1 N–H and O–H groups in total. The molecule has 0 atom stereocenters. The highest BCUT2D eigenvalue weighted by atomic mass is 35.5. The Hall–Kier alpha value is -1.81. The lowest BCUT2D eigenvalue weighted by molar-refractivity contribution is -0.112. The minimum atomic E-state index is -0.303. The van der Waals surface area contributed by atoms with Crippen molar-refractivity contribution in [3.05, 3.63) is 34.9 Å². The summed E-state index contributed by atoms with van der Waals surface area (Å²) in [4.78, 5) is 15.5. The number of carbonyl (C=O) groups excluding carboxylic acids is 1. The van der Waals surface area contributed by atoms with Gasteiger partial charge < -0.3 is 9.52 Å². The van der Waals surface area contributed by atoms with Crippen LogP contribution in [0.25, 0.3) is 16.7 Å². The molecule has 0 saturated heterocycles. The summed E-state index contributed by atoms with van der Waals surface area (Å²) in [7, 11) is 0. The van der Waals surface area contributed by atoms with Crippen molar-refractivity contribution >= 4 is 34.1 Å². The summed E-state index contributed by atoms with van der Waals surface area (Å²) < 4.78 is 5.40. The minimum Gasteiger partial charge on any atom is -0.512 e. The standard InChI is InChI=1S/C12H10ClNO3/c1-6(15)11(7(2)16)12-14-9-5-8(13)3-4-10(9)17-12/h3-5,15H,1-2H3. The zero-order valence-corrected chi connectivity index (χ0v) is 10.1. The van der Waals surface area contributed by atoms with Gasteiger partial charge in [-0.3, -0.25) is 4.79 Å². The molecule has 2 rings (SSSR count). The number of aromatic nitrogens is 1. The van der Waals surface area contributed by atoms with Crippen molar-refractivity contribution in [1.29, 1.82) is 0 Å². The van der Waals surface area contributed by atoms with Crippen LogP contribution in [0.2, 0.25) is 5.02 Å². The van der Waals surface area contributed by atoms with Crippen LogP contribution in [0, 0.1) is 0 Å². The van der Waals surface area contributed by atoms with Crippen LogP contribution < -0.4 is 0 Å². The lowest BCUT2D eigenvalue weighted by Crippen LogP contribution is -1.99. The monoisotopic (exact) mass is 251 g/mol. The van der Waals surface area contributed by atoms with Gasteiger partial charge in [0.15, 0.2) is 11.4 Å². The van der Waals surface area contributed by atoms with E-state index in [-0.39, 0.29) is 23.0 Å². The zero-order chi connectivity index (χ0) is 12.6. The Kier molecular flexibility index (Phi) is 2.90. The Balaban J connectivity index is 2.64. The number of oxazole rings is 1. The van der Waals surface area contributed by atoms with E-state index in [0.29, 0.717) is 16.1 Å². The first kappa shape index (κ1) is 11.7. The average molecular weight is 252 g/mol. The Morgan fingerprint density at radius 3 is 2.71 bits per heavy atom. The molecular weight excluding hydrogens is 242 g/mol. The molecule has 5 heteroatoms. The molecule has 1 heterocycles. The van der Waals surface area contributed by atoms with E-state index in [1.165, 1.54) is 13.8 Å². The third-order valence-electron chi connectivity index (χ3n) is 2.28. The molecule has 17 heavy (non-hydrogen) atoms. The van der Waals surface area contributed by atoms with Gasteiger partial charge in [0.25, 0.3) is 0 Å². The maximum atomic E-state index is 11.4. The number of Topliss-reactive ketones (excluding diaryl/α,β-unsaturated/α-hetero) is 1. The Morgan fingerprint density at radius 2 is 2.12 bits per heavy atom. The number of nitrogens with zero attached hydrogens (tertiary/aromatic N) is 1. The molecule has 4 nitrogen and oxygen atoms in total. The smallest absolute Gasteiger partial charge is 0.234 e. The molecule has 0 bridgehead atoms. The predicted molar refractivity (Wildman–Crippen MR) is 64.9 cm³/mol. The normalized spacial score (nSPS) is 12.6. The molecule has 1 aromatic heterocycles. The molecule has 0 amide bonds. The fraction of sp³-hybridized carbons (Fsp3) is 0.167. The van der Waals surface area contributed by atoms with Crippen molar-refractivity contribution in [3.8, 4) is 0 Å². The number of rotatable bonds is 2. The molecule has 0 saturated carbocycles. The van der Waals surface area contributed by atoms with Gasteiger partial charge in [0.05, 0.1) is 0 Å². The summed E-state index contributed by atoms with van der Waals surface area (Å²) in [6, 6.07) is 4.97. The van der Waals surface area contributed by atoms with Gasteiger partial charge in [0, 0.05) is 5.02 Å². The van der Waals surface area contributed by atoms with E-state index >= 15 is 0 Å². The highest BCUT2D eigenvalue weighted by Gasteiger charge is 2.18. The van der Waals surface area contributed by atoms with Gasteiger partial charge in [-0.2, -0.15) is 0 Å². The topological polar surface area (TPSA) is 63.3 Å². The first-order chi connectivity index (χ1) is 7.99. The minimum absolute atomic E-state index is 0.0809. The first-order valence-corrected chi connectivity index (χ1v) is 5.34. The van der Waals surface area contributed by atoms with E-state index in [9.17, 15) is 9.90 Å². The van der Waals surface area contributed by atoms with Crippen LogP contribution in [0.5, 0.6) is 0 Å². The van der Waals surface area contributed by atoms with Crippen LogP contribution in [0.3, 0.4) is 0 Å². The van der Waals surface area contributed by atoms with E-state index in [1.54, 1.807) is 18.2 Å². The molecule has 88 valence electrons. The number of aliphatic hydroxyl groups excluding tert-OH is 1. The summed E-state index contributed by atoms with van der Waals surface area (Å²) in [6.07, 6.45) is 0. The van der Waals surface area contributed by atoms with E-state index in [2.05, 4.69) is 4.98 Å². The molecule has 0 spiro atoms. The summed E-state index contributed by atoms with van der Waals surface area (Å²) >= 11 is 5.82.